The lowest BCUT2D eigenvalue weighted by molar-refractivity contribution is 0.331. The Morgan fingerprint density at radius 2 is 1.95 bits per heavy atom. The van der Waals surface area contributed by atoms with Gasteiger partial charge in [-0.05, 0) is 41.5 Å². The fourth-order valence-electron chi connectivity index (χ4n) is 2.08. The summed E-state index contributed by atoms with van der Waals surface area (Å²) in [5.74, 6) is 0.893. The van der Waals surface area contributed by atoms with Crippen LogP contribution in [0.4, 0.5) is 0 Å². The van der Waals surface area contributed by atoms with E-state index in [1.807, 2.05) is 42.5 Å². The molecule has 0 spiro atoms. The highest BCUT2D eigenvalue weighted by atomic mass is 35.5. The van der Waals surface area contributed by atoms with E-state index in [1.165, 1.54) is 4.90 Å². The molecule has 0 amide bonds. The first-order chi connectivity index (χ1) is 9.24. The van der Waals surface area contributed by atoms with Gasteiger partial charge < -0.3 is 4.74 Å². The van der Waals surface area contributed by atoms with Crippen molar-refractivity contribution in [2.45, 2.75) is 10.1 Å². The Labute approximate surface area is 122 Å². The lowest BCUT2D eigenvalue weighted by atomic mass is 10.1. The number of fused-ring (bicyclic) bond motifs is 1. The predicted octanol–water partition coefficient (Wildman–Crippen LogP) is 4.91. The molecular formula is C16H13ClOS. The maximum Gasteiger partial charge on any atom is 0.119 e. The Kier molecular flexibility index (Phi) is 3.54. The molecule has 0 radical (unpaired) electrons. The molecule has 96 valence electrons. The fraction of sp³-hybridized carbons (Fsp3) is 0.125. The monoisotopic (exact) mass is 288 g/mol. The van der Waals surface area contributed by atoms with Crippen LogP contribution in [0.1, 0.15) is 5.56 Å². The van der Waals surface area contributed by atoms with Crippen molar-refractivity contribution in [1.82, 2.24) is 0 Å². The molecule has 1 heterocycles. The summed E-state index contributed by atoms with van der Waals surface area (Å²) in [5.41, 5.74) is 2.25. The molecule has 1 aliphatic heterocycles. The Balaban J connectivity index is 1.71. The second-order valence-electron chi connectivity index (χ2n) is 4.40. The first-order valence-corrected chi connectivity index (χ1v) is 7.33. The third-order valence-corrected chi connectivity index (χ3v) is 4.64. The van der Waals surface area contributed by atoms with E-state index in [2.05, 4.69) is 12.6 Å². The Morgan fingerprint density at radius 1 is 1.16 bits per heavy atom. The van der Waals surface area contributed by atoms with E-state index >= 15 is 0 Å². The van der Waals surface area contributed by atoms with Crippen molar-refractivity contribution < 1.29 is 4.74 Å². The number of para-hydroxylation sites is 1. The molecule has 1 aliphatic rings. The molecule has 0 N–H and O–H groups in total. The highest BCUT2D eigenvalue weighted by molar-refractivity contribution is 8.00. The Morgan fingerprint density at radius 3 is 2.74 bits per heavy atom. The average molecular weight is 289 g/mol. The van der Waals surface area contributed by atoms with Crippen molar-refractivity contribution >= 4 is 28.9 Å². The second kappa shape index (κ2) is 5.32. The number of thioether (sulfide) groups is 1. The van der Waals surface area contributed by atoms with Crippen molar-refractivity contribution in [3.63, 3.8) is 0 Å². The van der Waals surface area contributed by atoms with E-state index < -0.39 is 0 Å². The average Bonchev–Trinajstić information content (AvgIpc) is 2.74. The molecule has 3 rings (SSSR count). The van der Waals surface area contributed by atoms with Gasteiger partial charge in [0.25, 0.3) is 0 Å². The van der Waals surface area contributed by atoms with E-state index in [0.717, 1.165) is 21.9 Å². The molecule has 0 bridgehead atoms. The normalized spacial score (nSPS) is 17.3. The summed E-state index contributed by atoms with van der Waals surface area (Å²) in [6.07, 6.45) is 0. The number of hydrogen-bond donors (Lipinski definition) is 0. The van der Waals surface area contributed by atoms with E-state index in [1.54, 1.807) is 11.8 Å². The zero-order chi connectivity index (χ0) is 13.2. The van der Waals surface area contributed by atoms with Gasteiger partial charge in [-0.15, -0.1) is 11.8 Å². The fourth-order valence-corrected chi connectivity index (χ4v) is 3.42. The number of halogens is 1. The van der Waals surface area contributed by atoms with E-state index in [0.29, 0.717) is 6.61 Å². The summed E-state index contributed by atoms with van der Waals surface area (Å²) in [5, 5.41) is 1.01. The molecule has 0 fully saturated rings. The minimum atomic E-state index is 0.258. The third-order valence-electron chi connectivity index (χ3n) is 3.09. The van der Waals surface area contributed by atoms with E-state index in [-0.39, 0.29) is 5.25 Å². The van der Waals surface area contributed by atoms with Crippen molar-refractivity contribution in [1.29, 1.82) is 0 Å². The minimum absolute atomic E-state index is 0.258. The van der Waals surface area contributed by atoms with Gasteiger partial charge in [-0.3, -0.25) is 0 Å². The molecule has 1 atom stereocenters. The van der Waals surface area contributed by atoms with Gasteiger partial charge in [-0.25, -0.2) is 0 Å². The summed E-state index contributed by atoms with van der Waals surface area (Å²) in [6.45, 7) is 4.80. The summed E-state index contributed by atoms with van der Waals surface area (Å²) in [6, 6.07) is 15.8. The second-order valence-corrected chi connectivity index (χ2v) is 6.08. The molecule has 3 heteroatoms. The van der Waals surface area contributed by atoms with Crippen LogP contribution in [-0.2, 0) is 0 Å². The highest BCUT2D eigenvalue weighted by Crippen LogP contribution is 2.44. The molecule has 1 unspecified atom stereocenters. The molecule has 0 saturated heterocycles. The first-order valence-electron chi connectivity index (χ1n) is 6.07. The van der Waals surface area contributed by atoms with Crippen LogP contribution in [0.25, 0.3) is 5.57 Å². The molecule has 0 aromatic heterocycles. The molecule has 2 aromatic carbocycles. The number of hydrogen-bond acceptors (Lipinski definition) is 2. The standard InChI is InChI=1S/C16H13ClOS/c1-11-14-9-12(17)7-8-15(14)19-16(11)10-18-13-5-3-2-4-6-13/h2-9,16H,1,10H2. The van der Waals surface area contributed by atoms with E-state index in [9.17, 15) is 0 Å². The lowest BCUT2D eigenvalue weighted by Gasteiger charge is -2.12. The SMILES string of the molecule is C=C1c2cc(Cl)ccc2SC1COc1ccccc1. The minimum Gasteiger partial charge on any atom is -0.492 e. The van der Waals surface area contributed by atoms with Crippen LogP contribution in [-0.4, -0.2) is 11.9 Å². The van der Waals surface area contributed by atoms with Crippen LogP contribution in [0.2, 0.25) is 5.02 Å². The summed E-state index contributed by atoms with van der Waals surface area (Å²) < 4.78 is 5.81. The van der Waals surface area contributed by atoms with Crippen LogP contribution >= 0.6 is 23.4 Å². The summed E-state index contributed by atoms with van der Waals surface area (Å²) in [7, 11) is 0. The van der Waals surface area contributed by atoms with Crippen molar-refractivity contribution in [3.05, 3.63) is 65.7 Å². The van der Waals surface area contributed by atoms with Gasteiger partial charge in [0.1, 0.15) is 12.4 Å². The largest absolute Gasteiger partial charge is 0.492 e. The summed E-state index contributed by atoms with van der Waals surface area (Å²) in [4.78, 5) is 1.23. The zero-order valence-corrected chi connectivity index (χ0v) is 11.9. The van der Waals surface area contributed by atoms with Gasteiger partial charge in [0.05, 0.1) is 5.25 Å². The van der Waals surface area contributed by atoms with Crippen LogP contribution in [0, 0.1) is 0 Å². The molecule has 1 nitrogen and oxygen atoms in total. The number of benzene rings is 2. The molecular weight excluding hydrogens is 276 g/mol. The topological polar surface area (TPSA) is 9.23 Å². The van der Waals surface area contributed by atoms with Gasteiger partial charge in [-0.2, -0.15) is 0 Å². The zero-order valence-electron chi connectivity index (χ0n) is 10.3. The highest BCUT2D eigenvalue weighted by Gasteiger charge is 2.26. The van der Waals surface area contributed by atoms with Crippen LogP contribution in [0.5, 0.6) is 5.75 Å². The smallest absolute Gasteiger partial charge is 0.119 e. The first kappa shape index (κ1) is 12.6. The quantitative estimate of drug-likeness (QED) is 0.794. The van der Waals surface area contributed by atoms with Crippen LogP contribution in [0.3, 0.4) is 0 Å². The Bertz CT molecular complexity index is 609. The van der Waals surface area contributed by atoms with Gasteiger partial charge in [0.15, 0.2) is 0 Å². The lowest BCUT2D eigenvalue weighted by Crippen LogP contribution is -2.12. The molecule has 0 saturated carbocycles. The van der Waals surface area contributed by atoms with Gasteiger partial charge in [0, 0.05) is 9.92 Å². The summed E-state index contributed by atoms with van der Waals surface area (Å²) >= 11 is 7.82. The number of ether oxygens (including phenoxy) is 1. The molecule has 0 aliphatic carbocycles. The molecule has 19 heavy (non-hydrogen) atoms. The van der Waals surface area contributed by atoms with Gasteiger partial charge >= 0.3 is 0 Å². The third kappa shape index (κ3) is 2.65. The maximum atomic E-state index is 6.03. The maximum absolute atomic E-state index is 6.03. The van der Waals surface area contributed by atoms with Crippen LogP contribution in [0.15, 0.2) is 60.0 Å². The van der Waals surface area contributed by atoms with Crippen molar-refractivity contribution in [2.24, 2.45) is 0 Å². The number of rotatable bonds is 3. The predicted molar refractivity (Wildman–Crippen MR) is 82.1 cm³/mol. The molecule has 2 aromatic rings. The van der Waals surface area contributed by atoms with Crippen LogP contribution < -0.4 is 4.74 Å². The van der Waals surface area contributed by atoms with Gasteiger partial charge in [-0.1, -0.05) is 36.4 Å². The van der Waals surface area contributed by atoms with E-state index in [4.69, 9.17) is 16.3 Å². The van der Waals surface area contributed by atoms with Crippen molar-refractivity contribution in [2.75, 3.05) is 6.61 Å². The van der Waals surface area contributed by atoms with Crippen molar-refractivity contribution in [3.8, 4) is 5.75 Å². The van der Waals surface area contributed by atoms with Gasteiger partial charge in [0.2, 0.25) is 0 Å². The Hall–Kier alpha value is -1.38.